The van der Waals surface area contributed by atoms with Gasteiger partial charge in [0.05, 0.1) is 12.1 Å². The molecule has 2 amide bonds. The summed E-state index contributed by atoms with van der Waals surface area (Å²) in [4.78, 5) is 34.1. The largest absolute Gasteiger partial charge is 0.481 e. The topological polar surface area (TPSA) is 131 Å². The summed E-state index contributed by atoms with van der Waals surface area (Å²) in [6, 6.07) is 3.31. The zero-order chi connectivity index (χ0) is 21.1. The normalized spacial score (nSPS) is 18.9. The van der Waals surface area contributed by atoms with Crippen molar-refractivity contribution in [3.63, 3.8) is 0 Å². The van der Waals surface area contributed by atoms with Gasteiger partial charge in [-0.1, -0.05) is 0 Å². The minimum absolute atomic E-state index is 0.0702. The first kappa shape index (κ1) is 19.6. The molecule has 3 aromatic rings. The van der Waals surface area contributed by atoms with E-state index in [1.807, 2.05) is 19.3 Å². The van der Waals surface area contributed by atoms with Crippen LogP contribution in [0.25, 0.3) is 5.82 Å². The number of aliphatic carboxylic acids is 1. The molecule has 0 radical (unpaired) electrons. The highest BCUT2D eigenvalue weighted by atomic mass is 16.4. The number of aromatic nitrogens is 6. The van der Waals surface area contributed by atoms with Crippen LogP contribution in [-0.2, 0) is 18.4 Å². The van der Waals surface area contributed by atoms with E-state index in [9.17, 15) is 14.7 Å². The standard InChI is InChI=1S/C19H22N8O3/c1-25-8-16(7-23-25)14-5-15(18(28)29)10-26(9-14)19(30)22-6-13-2-3-21-17(4-13)27-12-20-11-24-27/h2-4,7-8,11-12,14-15H,5-6,9-10H2,1H3,(H,22,30)(H,28,29). The smallest absolute Gasteiger partial charge is 0.317 e. The van der Waals surface area contributed by atoms with Crippen LogP contribution < -0.4 is 5.32 Å². The third kappa shape index (κ3) is 4.29. The maximum Gasteiger partial charge on any atom is 0.317 e. The first-order valence-electron chi connectivity index (χ1n) is 9.53. The van der Waals surface area contributed by atoms with E-state index in [0.717, 1.165) is 11.1 Å². The second-order valence-corrected chi connectivity index (χ2v) is 7.34. The Morgan fingerprint density at radius 2 is 2.17 bits per heavy atom. The highest BCUT2D eigenvalue weighted by molar-refractivity contribution is 5.76. The van der Waals surface area contributed by atoms with Gasteiger partial charge in [0, 0.05) is 45.0 Å². The fourth-order valence-electron chi connectivity index (χ4n) is 3.65. The first-order valence-corrected chi connectivity index (χ1v) is 9.53. The van der Waals surface area contributed by atoms with Crippen molar-refractivity contribution in [3.8, 4) is 5.82 Å². The number of urea groups is 1. The molecule has 0 aromatic carbocycles. The highest BCUT2D eigenvalue weighted by Gasteiger charge is 2.35. The van der Waals surface area contributed by atoms with Crippen LogP contribution >= 0.6 is 0 Å². The number of hydrogen-bond acceptors (Lipinski definition) is 6. The van der Waals surface area contributed by atoms with Crippen LogP contribution in [0.15, 0.2) is 43.4 Å². The molecule has 0 spiro atoms. The van der Waals surface area contributed by atoms with Gasteiger partial charge in [-0.05, 0) is 29.7 Å². The second-order valence-electron chi connectivity index (χ2n) is 7.34. The molecule has 11 heteroatoms. The molecule has 2 atom stereocenters. The number of carbonyl (C=O) groups excluding carboxylic acids is 1. The van der Waals surface area contributed by atoms with Crippen LogP contribution in [0, 0.1) is 5.92 Å². The molecule has 0 saturated carbocycles. The van der Waals surface area contributed by atoms with Crippen LogP contribution in [0.5, 0.6) is 0 Å². The number of pyridine rings is 1. The van der Waals surface area contributed by atoms with Crippen molar-refractivity contribution >= 4 is 12.0 Å². The summed E-state index contributed by atoms with van der Waals surface area (Å²) >= 11 is 0. The maximum atomic E-state index is 12.8. The van der Waals surface area contributed by atoms with Crippen LogP contribution in [0.2, 0.25) is 0 Å². The van der Waals surface area contributed by atoms with Gasteiger partial charge in [0.1, 0.15) is 12.7 Å². The molecule has 11 nitrogen and oxygen atoms in total. The highest BCUT2D eigenvalue weighted by Crippen LogP contribution is 2.30. The Balaban J connectivity index is 1.43. The molecule has 30 heavy (non-hydrogen) atoms. The number of nitrogens with one attached hydrogen (secondary N) is 1. The fraction of sp³-hybridized carbons (Fsp3) is 0.368. The maximum absolute atomic E-state index is 12.8. The predicted octanol–water partition coefficient (Wildman–Crippen LogP) is 0.796. The van der Waals surface area contributed by atoms with Gasteiger partial charge in [0.15, 0.2) is 5.82 Å². The number of carboxylic acids is 1. The van der Waals surface area contributed by atoms with Gasteiger partial charge in [-0.3, -0.25) is 9.48 Å². The summed E-state index contributed by atoms with van der Waals surface area (Å²) in [7, 11) is 1.81. The molecule has 4 rings (SSSR count). The monoisotopic (exact) mass is 410 g/mol. The number of hydrogen-bond donors (Lipinski definition) is 2. The minimum atomic E-state index is -0.895. The van der Waals surface area contributed by atoms with Gasteiger partial charge in [-0.15, -0.1) is 0 Å². The lowest BCUT2D eigenvalue weighted by Crippen LogP contribution is -2.49. The fourth-order valence-corrected chi connectivity index (χ4v) is 3.65. The Hall–Kier alpha value is -3.76. The van der Waals surface area contributed by atoms with Crippen molar-refractivity contribution in [3.05, 3.63) is 54.5 Å². The molecule has 1 saturated heterocycles. The molecule has 0 bridgehead atoms. The Labute approximate surface area is 172 Å². The SMILES string of the molecule is Cn1cc(C2CC(C(=O)O)CN(C(=O)NCc3ccnc(-n4cncn4)c3)C2)cn1. The number of aryl methyl sites for hydroxylation is 1. The number of rotatable bonds is 5. The van der Waals surface area contributed by atoms with E-state index in [1.54, 1.807) is 34.4 Å². The number of amides is 2. The second kappa shape index (κ2) is 8.31. The van der Waals surface area contributed by atoms with E-state index in [4.69, 9.17) is 0 Å². The van der Waals surface area contributed by atoms with Crippen molar-refractivity contribution in [2.45, 2.75) is 18.9 Å². The minimum Gasteiger partial charge on any atom is -0.481 e. The summed E-state index contributed by atoms with van der Waals surface area (Å²) in [6.07, 6.45) is 8.68. The third-order valence-corrected chi connectivity index (χ3v) is 5.19. The van der Waals surface area contributed by atoms with Gasteiger partial charge < -0.3 is 15.3 Å². The Kier molecular flexibility index (Phi) is 5.42. The zero-order valence-electron chi connectivity index (χ0n) is 16.4. The molecule has 2 unspecified atom stereocenters. The van der Waals surface area contributed by atoms with Gasteiger partial charge in [-0.25, -0.2) is 19.4 Å². The van der Waals surface area contributed by atoms with E-state index >= 15 is 0 Å². The summed E-state index contributed by atoms with van der Waals surface area (Å²) in [5, 5.41) is 20.6. The van der Waals surface area contributed by atoms with Crippen LogP contribution in [0.1, 0.15) is 23.5 Å². The molecule has 1 fully saturated rings. The van der Waals surface area contributed by atoms with Crippen molar-refractivity contribution in [1.29, 1.82) is 0 Å². The number of carbonyl (C=O) groups is 2. The molecule has 2 N–H and O–H groups in total. The van der Waals surface area contributed by atoms with Crippen LogP contribution in [-0.4, -0.2) is 64.6 Å². The molecule has 4 heterocycles. The van der Waals surface area contributed by atoms with Gasteiger partial charge in [-0.2, -0.15) is 10.2 Å². The summed E-state index contributed by atoms with van der Waals surface area (Å²) in [5.74, 6) is -0.985. The van der Waals surface area contributed by atoms with Gasteiger partial charge in [0.25, 0.3) is 0 Å². The summed E-state index contributed by atoms with van der Waals surface area (Å²) < 4.78 is 3.21. The number of likely N-dealkylation sites (tertiary alicyclic amines) is 1. The number of carboxylic acid groups (broad SMARTS) is 1. The summed E-state index contributed by atoms with van der Waals surface area (Å²) in [6.45, 7) is 0.912. The van der Waals surface area contributed by atoms with Crippen molar-refractivity contribution in [1.82, 2.24) is 39.7 Å². The molecular weight excluding hydrogens is 388 g/mol. The lowest BCUT2D eigenvalue weighted by atomic mass is 9.86. The molecule has 3 aromatic heterocycles. The lowest BCUT2D eigenvalue weighted by molar-refractivity contribution is -0.143. The number of piperidine rings is 1. The Morgan fingerprint density at radius 1 is 1.30 bits per heavy atom. The van der Waals surface area contributed by atoms with Gasteiger partial charge >= 0.3 is 12.0 Å². The number of nitrogens with zero attached hydrogens (tertiary/aromatic N) is 7. The zero-order valence-corrected chi connectivity index (χ0v) is 16.4. The molecule has 0 aliphatic carbocycles. The van der Waals surface area contributed by atoms with E-state index < -0.39 is 11.9 Å². The molecule has 1 aliphatic heterocycles. The quantitative estimate of drug-likeness (QED) is 0.636. The van der Waals surface area contributed by atoms with Crippen molar-refractivity contribution in [2.24, 2.45) is 13.0 Å². The molecular formula is C19H22N8O3. The average molecular weight is 410 g/mol. The predicted molar refractivity (Wildman–Crippen MR) is 105 cm³/mol. The third-order valence-electron chi connectivity index (χ3n) is 5.19. The average Bonchev–Trinajstić information content (AvgIpc) is 3.44. The van der Waals surface area contributed by atoms with E-state index in [2.05, 4.69) is 25.5 Å². The van der Waals surface area contributed by atoms with Crippen molar-refractivity contribution < 1.29 is 14.7 Å². The van der Waals surface area contributed by atoms with Crippen LogP contribution in [0.4, 0.5) is 4.79 Å². The van der Waals surface area contributed by atoms with Crippen molar-refractivity contribution in [2.75, 3.05) is 13.1 Å². The molecule has 1 aliphatic rings. The van der Waals surface area contributed by atoms with E-state index in [-0.39, 0.29) is 25.0 Å². The Morgan fingerprint density at radius 3 is 2.87 bits per heavy atom. The van der Waals surface area contributed by atoms with E-state index in [0.29, 0.717) is 18.8 Å². The van der Waals surface area contributed by atoms with Crippen LogP contribution in [0.3, 0.4) is 0 Å². The Bertz CT molecular complexity index is 1030. The summed E-state index contributed by atoms with van der Waals surface area (Å²) in [5.41, 5.74) is 1.78. The molecule has 156 valence electrons. The first-order chi connectivity index (χ1) is 14.5. The lowest BCUT2D eigenvalue weighted by Gasteiger charge is -2.35. The van der Waals surface area contributed by atoms with E-state index in [1.165, 1.54) is 11.0 Å². The van der Waals surface area contributed by atoms with Gasteiger partial charge in [0.2, 0.25) is 0 Å².